The second-order valence-corrected chi connectivity index (χ2v) is 6.55. The van der Waals surface area contributed by atoms with Crippen molar-refractivity contribution in [3.63, 3.8) is 0 Å². The molecule has 0 aliphatic carbocycles. The van der Waals surface area contributed by atoms with E-state index in [1.54, 1.807) is 13.8 Å². The van der Waals surface area contributed by atoms with Crippen LogP contribution in [-0.4, -0.2) is 31.9 Å². The molecule has 0 radical (unpaired) electrons. The van der Waals surface area contributed by atoms with Crippen molar-refractivity contribution in [2.24, 2.45) is 5.92 Å². The molecule has 11 heteroatoms. The van der Waals surface area contributed by atoms with Crippen LogP contribution in [0.4, 0.5) is 13.2 Å². The molecule has 1 atom stereocenters. The van der Waals surface area contributed by atoms with Gasteiger partial charge in [-0.3, -0.25) is 10.0 Å². The zero-order valence-corrected chi connectivity index (χ0v) is 12.9. The highest BCUT2D eigenvalue weighted by molar-refractivity contribution is 7.89. The Hall–Kier alpha value is -1.85. The van der Waals surface area contributed by atoms with Crippen molar-refractivity contribution in [1.29, 1.82) is 0 Å². The molecule has 130 valence electrons. The van der Waals surface area contributed by atoms with Gasteiger partial charge in [-0.25, -0.2) is 13.9 Å². The zero-order valence-electron chi connectivity index (χ0n) is 12.1. The first-order chi connectivity index (χ1) is 10.5. The number of ether oxygens (including phenoxy) is 1. The Labute approximate surface area is 130 Å². The molecule has 0 bridgehead atoms. The molecule has 1 aromatic rings. The third kappa shape index (κ3) is 5.69. The van der Waals surface area contributed by atoms with Gasteiger partial charge in [0, 0.05) is 0 Å². The van der Waals surface area contributed by atoms with Crippen LogP contribution in [0.25, 0.3) is 0 Å². The number of nitrogens with one attached hydrogen (secondary N) is 2. The Balaban J connectivity index is 2.97. The van der Waals surface area contributed by atoms with E-state index in [2.05, 4.69) is 9.46 Å². The summed E-state index contributed by atoms with van der Waals surface area (Å²) < 4.78 is 66.1. The number of hydrogen-bond donors (Lipinski definition) is 3. The second kappa shape index (κ2) is 7.15. The molecule has 0 saturated carbocycles. The molecule has 3 N–H and O–H groups in total. The van der Waals surface area contributed by atoms with Crippen LogP contribution >= 0.6 is 0 Å². The average molecular weight is 356 g/mol. The third-order valence-corrected chi connectivity index (χ3v) is 4.17. The van der Waals surface area contributed by atoms with Gasteiger partial charge in [-0.1, -0.05) is 13.8 Å². The van der Waals surface area contributed by atoms with E-state index in [0.29, 0.717) is 0 Å². The molecule has 0 saturated heterocycles. The number of benzene rings is 1. The Morgan fingerprint density at radius 1 is 1.22 bits per heavy atom. The van der Waals surface area contributed by atoms with Crippen molar-refractivity contribution >= 4 is 15.9 Å². The number of carbonyl (C=O) groups is 1. The van der Waals surface area contributed by atoms with E-state index < -0.39 is 40.0 Å². The smallest absolute Gasteiger partial charge is 0.406 e. The lowest BCUT2D eigenvalue weighted by Gasteiger charge is -2.20. The maximum atomic E-state index is 12.1. The van der Waals surface area contributed by atoms with Gasteiger partial charge in [-0.05, 0) is 30.2 Å². The standard InChI is InChI=1S/C12H15F3N2O5S/c1-7(2)10(11(18)16-19)17-23(20,21)9-5-3-8(4-6-9)22-12(13,14)15/h3-7,10,17,19H,1-2H3,(H,16,18). The van der Waals surface area contributed by atoms with Crippen LogP contribution < -0.4 is 14.9 Å². The van der Waals surface area contributed by atoms with Crippen LogP contribution in [-0.2, 0) is 14.8 Å². The molecule has 1 amide bonds. The van der Waals surface area contributed by atoms with Crippen LogP contribution in [0.3, 0.4) is 0 Å². The first-order valence-electron chi connectivity index (χ1n) is 6.28. The maximum Gasteiger partial charge on any atom is 0.573 e. The summed E-state index contributed by atoms with van der Waals surface area (Å²) in [6.45, 7) is 3.09. The van der Waals surface area contributed by atoms with Crippen LogP contribution in [0.5, 0.6) is 5.75 Å². The van der Waals surface area contributed by atoms with Crippen molar-refractivity contribution < 1.29 is 36.3 Å². The SMILES string of the molecule is CC(C)C(NS(=O)(=O)c1ccc(OC(F)(F)F)cc1)C(=O)NO. The summed E-state index contributed by atoms with van der Waals surface area (Å²) in [7, 11) is -4.18. The highest BCUT2D eigenvalue weighted by Gasteiger charge is 2.32. The number of hydroxylamine groups is 1. The number of hydrogen-bond acceptors (Lipinski definition) is 5. The summed E-state index contributed by atoms with van der Waals surface area (Å²) in [6, 6.07) is 2.21. The molecule has 0 aliphatic rings. The Kier molecular flexibility index (Phi) is 5.97. The van der Waals surface area contributed by atoms with Crippen molar-refractivity contribution in [3.05, 3.63) is 24.3 Å². The molecule has 0 fully saturated rings. The summed E-state index contributed by atoms with van der Waals surface area (Å²) >= 11 is 0. The van der Waals surface area contributed by atoms with Gasteiger partial charge in [-0.15, -0.1) is 13.2 Å². The third-order valence-electron chi connectivity index (χ3n) is 2.71. The first kappa shape index (κ1) is 19.2. The minimum atomic E-state index is -4.89. The van der Waals surface area contributed by atoms with E-state index in [4.69, 9.17) is 5.21 Å². The van der Waals surface area contributed by atoms with E-state index in [0.717, 1.165) is 24.3 Å². The highest BCUT2D eigenvalue weighted by atomic mass is 32.2. The normalized spacial score (nSPS) is 13.7. The fourth-order valence-corrected chi connectivity index (χ4v) is 2.96. The minimum Gasteiger partial charge on any atom is -0.406 e. The molecular formula is C12H15F3N2O5S. The zero-order chi connectivity index (χ0) is 17.8. The number of alkyl halides is 3. The van der Waals surface area contributed by atoms with Crippen molar-refractivity contribution in [1.82, 2.24) is 10.2 Å². The number of sulfonamides is 1. The first-order valence-corrected chi connectivity index (χ1v) is 7.76. The molecule has 0 aromatic heterocycles. The minimum absolute atomic E-state index is 0.358. The largest absolute Gasteiger partial charge is 0.573 e. The maximum absolute atomic E-state index is 12.1. The molecule has 0 heterocycles. The number of amides is 1. The van der Waals surface area contributed by atoms with E-state index in [1.807, 2.05) is 0 Å². The van der Waals surface area contributed by atoms with Gasteiger partial charge >= 0.3 is 6.36 Å². The Bertz CT molecular complexity index is 644. The highest BCUT2D eigenvalue weighted by Crippen LogP contribution is 2.24. The van der Waals surface area contributed by atoms with Crippen LogP contribution in [0.1, 0.15) is 13.8 Å². The molecule has 0 aliphatic heterocycles. The molecule has 1 unspecified atom stereocenters. The molecule has 23 heavy (non-hydrogen) atoms. The van der Waals surface area contributed by atoms with Crippen LogP contribution in [0.15, 0.2) is 29.2 Å². The summed E-state index contributed by atoms with van der Waals surface area (Å²) in [5, 5.41) is 8.61. The van der Waals surface area contributed by atoms with Gasteiger partial charge in [0.05, 0.1) is 4.90 Å². The van der Waals surface area contributed by atoms with Crippen molar-refractivity contribution in [2.45, 2.75) is 31.1 Å². The van der Waals surface area contributed by atoms with E-state index in [-0.39, 0.29) is 4.90 Å². The van der Waals surface area contributed by atoms with Crippen LogP contribution in [0.2, 0.25) is 0 Å². The topological polar surface area (TPSA) is 105 Å². The van der Waals surface area contributed by atoms with E-state index in [1.165, 1.54) is 5.48 Å². The summed E-state index contributed by atoms with van der Waals surface area (Å²) in [6.07, 6.45) is -4.89. The molecule has 7 nitrogen and oxygen atoms in total. The van der Waals surface area contributed by atoms with Gasteiger partial charge in [0.1, 0.15) is 11.8 Å². The predicted molar refractivity (Wildman–Crippen MR) is 72.0 cm³/mol. The van der Waals surface area contributed by atoms with Gasteiger partial charge in [0.15, 0.2) is 0 Å². The fourth-order valence-electron chi connectivity index (χ4n) is 1.62. The van der Waals surface area contributed by atoms with Gasteiger partial charge < -0.3 is 4.74 Å². The lowest BCUT2D eigenvalue weighted by molar-refractivity contribution is -0.274. The van der Waals surface area contributed by atoms with Crippen LogP contribution in [0, 0.1) is 5.92 Å². The van der Waals surface area contributed by atoms with Crippen molar-refractivity contribution in [3.8, 4) is 5.75 Å². The number of rotatable bonds is 6. The summed E-state index contributed by atoms with van der Waals surface area (Å²) in [5.74, 6) is -2.02. The lowest BCUT2D eigenvalue weighted by Crippen LogP contribution is -2.48. The Morgan fingerprint density at radius 2 is 1.74 bits per heavy atom. The average Bonchev–Trinajstić information content (AvgIpc) is 2.42. The summed E-state index contributed by atoms with van der Waals surface area (Å²) in [4.78, 5) is 11.1. The molecule has 1 rings (SSSR count). The van der Waals surface area contributed by atoms with E-state index >= 15 is 0 Å². The molecular weight excluding hydrogens is 341 g/mol. The lowest BCUT2D eigenvalue weighted by atomic mass is 10.1. The van der Waals surface area contributed by atoms with Gasteiger partial charge in [0.2, 0.25) is 10.0 Å². The quantitative estimate of drug-likeness (QED) is 0.528. The van der Waals surface area contributed by atoms with Gasteiger partial charge in [-0.2, -0.15) is 4.72 Å². The molecule has 0 spiro atoms. The Morgan fingerprint density at radius 3 is 2.13 bits per heavy atom. The van der Waals surface area contributed by atoms with Gasteiger partial charge in [0.25, 0.3) is 5.91 Å². The summed E-state index contributed by atoms with van der Waals surface area (Å²) in [5.41, 5.74) is 1.34. The number of halogens is 3. The van der Waals surface area contributed by atoms with Crippen molar-refractivity contribution in [2.75, 3.05) is 0 Å². The second-order valence-electron chi connectivity index (χ2n) is 4.84. The molecule has 1 aromatic carbocycles. The predicted octanol–water partition coefficient (Wildman–Crippen LogP) is 1.39. The van der Waals surface area contributed by atoms with E-state index in [9.17, 15) is 26.4 Å². The number of carbonyl (C=O) groups excluding carboxylic acids is 1. The monoisotopic (exact) mass is 356 g/mol. The fraction of sp³-hybridized carbons (Fsp3) is 0.417.